The smallest absolute Gasteiger partial charge is 0.244 e. The van der Waals surface area contributed by atoms with E-state index in [4.69, 9.17) is 28.2 Å². The molecule has 0 fully saturated rings. The van der Waals surface area contributed by atoms with Crippen molar-refractivity contribution in [3.8, 4) is 16.9 Å². The van der Waals surface area contributed by atoms with E-state index in [1.54, 1.807) is 36.7 Å². The van der Waals surface area contributed by atoms with E-state index < -0.39 is 6.04 Å². The Balaban J connectivity index is 1.42. The Labute approximate surface area is 222 Å². The molecule has 0 saturated carbocycles. The first kappa shape index (κ1) is 24.4. The molecule has 2 N–H and O–H groups in total. The number of nitrogens with zero attached hydrogens (tertiary/aromatic N) is 6. The van der Waals surface area contributed by atoms with E-state index >= 15 is 0 Å². The van der Waals surface area contributed by atoms with Crippen molar-refractivity contribution in [2.45, 2.75) is 12.5 Å². The molecule has 2 aromatic carbocycles. The minimum absolute atomic E-state index is 0.320. The predicted octanol–water partition coefficient (Wildman–Crippen LogP) is 4.87. The zero-order valence-electron chi connectivity index (χ0n) is 19.3. The molecule has 0 spiro atoms. The first-order valence-corrected chi connectivity index (χ1v) is 12.0. The number of carbonyl (C=O) groups is 1. The predicted molar refractivity (Wildman–Crippen MR) is 141 cm³/mol. The highest BCUT2D eigenvalue weighted by molar-refractivity contribution is 6.32. The molecule has 0 aliphatic heterocycles. The molecule has 0 radical (unpaired) electrons. The van der Waals surface area contributed by atoms with Crippen LogP contribution in [0, 0.1) is 0 Å². The summed E-state index contributed by atoms with van der Waals surface area (Å²) in [6, 6.07) is 18.3. The van der Waals surface area contributed by atoms with E-state index in [0.29, 0.717) is 39.4 Å². The van der Waals surface area contributed by atoms with Crippen molar-refractivity contribution in [1.82, 2.24) is 40.5 Å². The average molecular weight is 531 g/mol. The lowest BCUT2D eigenvalue weighted by atomic mass is 10.1. The summed E-state index contributed by atoms with van der Waals surface area (Å²) in [5, 5.41) is 15.2. The van der Waals surface area contributed by atoms with Crippen molar-refractivity contribution in [2.24, 2.45) is 0 Å². The number of halogens is 2. The standard InChI is InChI=1S/C26H20Cl2N8O/c27-20-9-10-22(36-16-30-34-35-36)18(14-20)8-11-23(37)31-21(13-17-5-2-1-3-6-17)26-32-24(25(28)33-26)19-7-4-12-29-15-19/h1-12,14-16,21H,13H2,(H,31,37)(H,32,33)/t21-/m0/s1. The molecule has 1 amide bonds. The van der Waals surface area contributed by atoms with Gasteiger partial charge in [0.1, 0.15) is 23.0 Å². The monoisotopic (exact) mass is 530 g/mol. The van der Waals surface area contributed by atoms with Crippen LogP contribution in [0.4, 0.5) is 0 Å². The van der Waals surface area contributed by atoms with E-state index in [-0.39, 0.29) is 5.91 Å². The van der Waals surface area contributed by atoms with Crippen LogP contribution in [-0.2, 0) is 11.2 Å². The second-order valence-corrected chi connectivity index (χ2v) is 8.88. The number of hydrogen-bond acceptors (Lipinski definition) is 6. The summed E-state index contributed by atoms with van der Waals surface area (Å²) in [6.45, 7) is 0. The van der Waals surface area contributed by atoms with Crippen molar-refractivity contribution in [3.63, 3.8) is 0 Å². The third-order valence-electron chi connectivity index (χ3n) is 5.54. The molecule has 0 unspecified atom stereocenters. The van der Waals surface area contributed by atoms with Crippen LogP contribution in [0.3, 0.4) is 0 Å². The van der Waals surface area contributed by atoms with Gasteiger partial charge in [-0.25, -0.2) is 4.98 Å². The van der Waals surface area contributed by atoms with Gasteiger partial charge in [-0.2, -0.15) is 4.68 Å². The molecule has 184 valence electrons. The van der Waals surface area contributed by atoms with Crippen LogP contribution >= 0.6 is 23.2 Å². The summed E-state index contributed by atoms with van der Waals surface area (Å²) in [5.74, 6) is 0.214. The lowest BCUT2D eigenvalue weighted by Gasteiger charge is -2.16. The summed E-state index contributed by atoms with van der Waals surface area (Å²) in [5.41, 5.74) is 3.73. The van der Waals surface area contributed by atoms with Crippen molar-refractivity contribution < 1.29 is 4.79 Å². The average Bonchev–Trinajstić information content (AvgIpc) is 3.58. The minimum atomic E-state index is -0.471. The third-order valence-corrected chi connectivity index (χ3v) is 6.05. The Hall–Kier alpha value is -4.34. The van der Waals surface area contributed by atoms with Gasteiger partial charge in [-0.1, -0.05) is 53.5 Å². The number of imidazole rings is 1. The van der Waals surface area contributed by atoms with E-state index in [2.05, 4.69) is 30.8 Å². The highest BCUT2D eigenvalue weighted by Crippen LogP contribution is 2.28. The van der Waals surface area contributed by atoms with Gasteiger partial charge in [-0.3, -0.25) is 9.78 Å². The van der Waals surface area contributed by atoms with Gasteiger partial charge in [0.05, 0.1) is 11.7 Å². The normalized spacial score (nSPS) is 12.1. The maximum absolute atomic E-state index is 13.1. The molecule has 0 aliphatic carbocycles. The Kier molecular flexibility index (Phi) is 7.34. The number of aromatic nitrogens is 7. The number of carbonyl (C=O) groups excluding carboxylic acids is 1. The van der Waals surface area contributed by atoms with E-state index in [9.17, 15) is 4.79 Å². The first-order valence-electron chi connectivity index (χ1n) is 11.3. The van der Waals surface area contributed by atoms with Crippen molar-refractivity contribution in [1.29, 1.82) is 0 Å². The Bertz CT molecular complexity index is 1520. The SMILES string of the molecule is O=C(C=Cc1cc(Cl)ccc1-n1cnnn1)N[C@@H](Cc1ccccc1)c1nc(-c2cccnc2)c(Cl)[nH]1. The molecule has 0 saturated heterocycles. The number of amides is 1. The topological polar surface area (TPSA) is 114 Å². The van der Waals surface area contributed by atoms with Crippen molar-refractivity contribution in [2.75, 3.05) is 0 Å². The van der Waals surface area contributed by atoms with Crippen molar-refractivity contribution >= 4 is 35.2 Å². The largest absolute Gasteiger partial charge is 0.342 e. The van der Waals surface area contributed by atoms with Crippen molar-refractivity contribution in [3.05, 3.63) is 113 Å². The number of nitrogens with one attached hydrogen (secondary N) is 2. The second-order valence-electron chi connectivity index (χ2n) is 8.07. The van der Waals surface area contributed by atoms with Crippen LogP contribution in [0.1, 0.15) is 23.0 Å². The molecular weight excluding hydrogens is 511 g/mol. The lowest BCUT2D eigenvalue weighted by Crippen LogP contribution is -2.29. The molecule has 3 aromatic heterocycles. The summed E-state index contributed by atoms with van der Waals surface area (Å²) >= 11 is 12.7. The number of hydrogen-bond donors (Lipinski definition) is 2. The summed E-state index contributed by atoms with van der Waals surface area (Å²) in [4.78, 5) is 25.0. The molecule has 9 nitrogen and oxygen atoms in total. The van der Waals surface area contributed by atoms with Crippen LogP contribution in [0.5, 0.6) is 0 Å². The molecule has 5 rings (SSSR count). The van der Waals surface area contributed by atoms with Crippen LogP contribution in [-0.4, -0.2) is 41.1 Å². The van der Waals surface area contributed by atoms with Crippen LogP contribution < -0.4 is 5.32 Å². The van der Waals surface area contributed by atoms with E-state index in [1.807, 2.05) is 42.5 Å². The molecular formula is C26H20Cl2N8O. The van der Waals surface area contributed by atoms with Gasteiger partial charge in [0.15, 0.2) is 0 Å². The fourth-order valence-electron chi connectivity index (χ4n) is 3.82. The number of pyridine rings is 1. The van der Waals surface area contributed by atoms with Gasteiger partial charge in [-0.05, 0) is 58.8 Å². The van der Waals surface area contributed by atoms with Gasteiger partial charge >= 0.3 is 0 Å². The van der Waals surface area contributed by atoms with Gasteiger partial charge in [0.2, 0.25) is 5.91 Å². The number of tetrazole rings is 1. The number of H-pyrrole nitrogens is 1. The third kappa shape index (κ3) is 5.91. The zero-order valence-corrected chi connectivity index (χ0v) is 20.8. The quantitative estimate of drug-likeness (QED) is 0.276. The molecule has 0 bridgehead atoms. The zero-order chi connectivity index (χ0) is 25.6. The van der Waals surface area contributed by atoms with Gasteiger partial charge < -0.3 is 10.3 Å². The Morgan fingerprint density at radius 1 is 1.11 bits per heavy atom. The van der Waals surface area contributed by atoms with Gasteiger partial charge in [0, 0.05) is 34.6 Å². The highest BCUT2D eigenvalue weighted by Gasteiger charge is 2.21. The molecule has 11 heteroatoms. The fourth-order valence-corrected chi connectivity index (χ4v) is 4.25. The molecule has 1 atom stereocenters. The minimum Gasteiger partial charge on any atom is -0.342 e. The fraction of sp³-hybridized carbons (Fsp3) is 0.0769. The maximum Gasteiger partial charge on any atom is 0.244 e. The molecule has 0 aliphatic rings. The second kappa shape index (κ2) is 11.2. The first-order chi connectivity index (χ1) is 18.1. The molecule has 3 heterocycles. The molecule has 37 heavy (non-hydrogen) atoms. The number of rotatable bonds is 8. The van der Waals surface area contributed by atoms with Gasteiger partial charge in [0.25, 0.3) is 0 Å². The summed E-state index contributed by atoms with van der Waals surface area (Å²) in [7, 11) is 0. The Morgan fingerprint density at radius 2 is 1.97 bits per heavy atom. The summed E-state index contributed by atoms with van der Waals surface area (Å²) < 4.78 is 1.50. The van der Waals surface area contributed by atoms with Crippen LogP contribution in [0.25, 0.3) is 23.0 Å². The van der Waals surface area contributed by atoms with Gasteiger partial charge in [-0.15, -0.1) is 5.10 Å². The number of aromatic amines is 1. The highest BCUT2D eigenvalue weighted by atomic mass is 35.5. The van der Waals surface area contributed by atoms with E-state index in [1.165, 1.54) is 17.1 Å². The summed E-state index contributed by atoms with van der Waals surface area (Å²) in [6.07, 6.45) is 8.44. The van der Waals surface area contributed by atoms with Crippen LogP contribution in [0.2, 0.25) is 10.2 Å². The lowest BCUT2D eigenvalue weighted by molar-refractivity contribution is -0.117. The van der Waals surface area contributed by atoms with E-state index in [0.717, 1.165) is 11.1 Å². The Morgan fingerprint density at radius 3 is 2.73 bits per heavy atom. The van der Waals surface area contributed by atoms with Crippen LogP contribution in [0.15, 0.2) is 85.5 Å². The maximum atomic E-state index is 13.1. The molecule has 5 aromatic rings. The number of benzene rings is 2.